The normalized spacial score (nSPS) is 11.8. The van der Waals surface area contributed by atoms with Gasteiger partial charge in [-0.05, 0) is 18.6 Å². The van der Waals surface area contributed by atoms with Gasteiger partial charge in [-0.15, -0.1) is 0 Å². The van der Waals surface area contributed by atoms with Crippen molar-refractivity contribution in [3.05, 3.63) is 29.8 Å². The van der Waals surface area contributed by atoms with Crippen molar-refractivity contribution < 1.29 is 14.6 Å². The molecule has 0 spiro atoms. The highest BCUT2D eigenvalue weighted by Crippen LogP contribution is 2.15. The lowest BCUT2D eigenvalue weighted by molar-refractivity contribution is -0.145. The number of nitrogens with one attached hydrogen (secondary N) is 1. The summed E-state index contributed by atoms with van der Waals surface area (Å²) < 4.78 is 5.26. The van der Waals surface area contributed by atoms with Crippen LogP contribution in [0.3, 0.4) is 0 Å². The Morgan fingerprint density at radius 1 is 1.62 bits per heavy atom. The molecular formula is C11H14N2O3. The van der Waals surface area contributed by atoms with E-state index >= 15 is 0 Å². The average Bonchev–Trinajstić information content (AvgIpc) is 2.25. The molecule has 0 amide bonds. The molecule has 0 aromatic heterocycles. The third-order valence-corrected chi connectivity index (χ3v) is 2.07. The van der Waals surface area contributed by atoms with Crippen molar-refractivity contribution >= 4 is 11.8 Å². The molecule has 0 radical (unpaired) electrons. The van der Waals surface area contributed by atoms with Crippen LogP contribution < -0.4 is 10.5 Å². The summed E-state index contributed by atoms with van der Waals surface area (Å²) in [4.78, 5) is 10.8. The number of carbonyl (C=O) groups is 1. The molecule has 0 aliphatic rings. The third kappa shape index (κ3) is 2.98. The van der Waals surface area contributed by atoms with Gasteiger partial charge in [-0.3, -0.25) is 5.41 Å². The predicted molar refractivity (Wildman–Crippen MR) is 59.8 cm³/mol. The van der Waals surface area contributed by atoms with Gasteiger partial charge in [-0.2, -0.15) is 0 Å². The summed E-state index contributed by atoms with van der Waals surface area (Å²) in [6.45, 7) is 1.73. The Balaban J connectivity index is 2.84. The molecule has 4 N–H and O–H groups in total. The number of nitrogen functional groups attached to an aromatic ring is 1. The summed E-state index contributed by atoms with van der Waals surface area (Å²) in [6, 6.07) is 6.52. The first-order chi connectivity index (χ1) is 7.54. The van der Waals surface area contributed by atoms with Crippen molar-refractivity contribution in [3.8, 4) is 5.75 Å². The molecule has 0 saturated carbocycles. The van der Waals surface area contributed by atoms with Crippen LogP contribution in [0.1, 0.15) is 18.9 Å². The molecule has 5 nitrogen and oxygen atoms in total. The molecule has 1 atom stereocenters. The molecule has 16 heavy (non-hydrogen) atoms. The van der Waals surface area contributed by atoms with Gasteiger partial charge in [0, 0.05) is 5.56 Å². The maximum atomic E-state index is 10.8. The first-order valence-corrected chi connectivity index (χ1v) is 4.88. The summed E-state index contributed by atoms with van der Waals surface area (Å²) in [7, 11) is 0. The Morgan fingerprint density at radius 3 is 2.81 bits per heavy atom. The molecule has 5 heteroatoms. The summed E-state index contributed by atoms with van der Waals surface area (Å²) in [5, 5.41) is 16.1. The second kappa shape index (κ2) is 5.16. The van der Waals surface area contributed by atoms with Crippen LogP contribution >= 0.6 is 0 Å². The largest absolute Gasteiger partial charge is 0.479 e. The van der Waals surface area contributed by atoms with Crippen LogP contribution in [-0.4, -0.2) is 23.0 Å². The molecule has 1 rings (SSSR count). The number of ether oxygens (including phenoxy) is 1. The molecule has 86 valence electrons. The Hall–Kier alpha value is -2.04. The number of nitrogens with two attached hydrogens (primary N) is 1. The van der Waals surface area contributed by atoms with Crippen molar-refractivity contribution in [1.82, 2.24) is 0 Å². The number of rotatable bonds is 5. The maximum Gasteiger partial charge on any atom is 0.344 e. The number of benzene rings is 1. The molecule has 0 heterocycles. The minimum Gasteiger partial charge on any atom is -0.479 e. The van der Waals surface area contributed by atoms with Gasteiger partial charge in [0.1, 0.15) is 11.6 Å². The van der Waals surface area contributed by atoms with Crippen LogP contribution in [0.15, 0.2) is 24.3 Å². The van der Waals surface area contributed by atoms with E-state index in [9.17, 15) is 4.79 Å². The van der Waals surface area contributed by atoms with Gasteiger partial charge >= 0.3 is 5.97 Å². The van der Waals surface area contributed by atoms with Gasteiger partial charge in [0.05, 0.1) is 0 Å². The zero-order chi connectivity index (χ0) is 12.1. The van der Waals surface area contributed by atoms with Crippen molar-refractivity contribution in [2.24, 2.45) is 5.73 Å². The molecule has 0 aliphatic carbocycles. The van der Waals surface area contributed by atoms with Gasteiger partial charge in [0.25, 0.3) is 0 Å². The quantitative estimate of drug-likeness (QED) is 0.515. The average molecular weight is 222 g/mol. The number of hydrogen-bond acceptors (Lipinski definition) is 3. The van der Waals surface area contributed by atoms with Crippen LogP contribution in [0.2, 0.25) is 0 Å². The molecule has 1 aromatic carbocycles. The lowest BCUT2D eigenvalue weighted by Gasteiger charge is -2.13. The zero-order valence-corrected chi connectivity index (χ0v) is 8.93. The van der Waals surface area contributed by atoms with E-state index in [-0.39, 0.29) is 5.84 Å². The van der Waals surface area contributed by atoms with Crippen LogP contribution in [0, 0.1) is 5.41 Å². The van der Waals surface area contributed by atoms with Crippen molar-refractivity contribution in [2.75, 3.05) is 0 Å². The fourth-order valence-corrected chi connectivity index (χ4v) is 1.21. The van der Waals surface area contributed by atoms with Crippen LogP contribution in [0.4, 0.5) is 0 Å². The van der Waals surface area contributed by atoms with Crippen LogP contribution in [-0.2, 0) is 4.79 Å². The summed E-state index contributed by atoms with van der Waals surface area (Å²) >= 11 is 0. The highest BCUT2D eigenvalue weighted by molar-refractivity contribution is 5.95. The number of hydrogen-bond donors (Lipinski definition) is 3. The van der Waals surface area contributed by atoms with E-state index in [1.165, 1.54) is 0 Å². The summed E-state index contributed by atoms with van der Waals surface area (Å²) in [5.74, 6) is -0.675. The highest BCUT2D eigenvalue weighted by atomic mass is 16.5. The Morgan fingerprint density at radius 2 is 2.31 bits per heavy atom. The minimum atomic E-state index is -1.00. The van der Waals surface area contributed by atoms with Gasteiger partial charge in [0.2, 0.25) is 0 Å². The third-order valence-electron chi connectivity index (χ3n) is 2.07. The van der Waals surface area contributed by atoms with Gasteiger partial charge < -0.3 is 15.6 Å². The topological polar surface area (TPSA) is 96.4 Å². The second-order valence-electron chi connectivity index (χ2n) is 3.29. The fourth-order valence-electron chi connectivity index (χ4n) is 1.21. The van der Waals surface area contributed by atoms with Crippen molar-refractivity contribution in [1.29, 1.82) is 5.41 Å². The van der Waals surface area contributed by atoms with E-state index in [1.807, 2.05) is 0 Å². The smallest absolute Gasteiger partial charge is 0.344 e. The molecule has 0 fully saturated rings. The molecule has 1 unspecified atom stereocenters. The highest BCUT2D eigenvalue weighted by Gasteiger charge is 2.16. The van der Waals surface area contributed by atoms with Crippen molar-refractivity contribution in [2.45, 2.75) is 19.4 Å². The first-order valence-electron chi connectivity index (χ1n) is 4.88. The number of aliphatic carboxylic acids is 1. The Kier molecular flexibility index (Phi) is 3.88. The Bertz CT molecular complexity index is 404. The van der Waals surface area contributed by atoms with E-state index < -0.39 is 12.1 Å². The molecule has 0 aliphatic heterocycles. The summed E-state index contributed by atoms with van der Waals surface area (Å²) in [5.41, 5.74) is 5.83. The van der Waals surface area contributed by atoms with Crippen molar-refractivity contribution in [3.63, 3.8) is 0 Å². The minimum absolute atomic E-state index is 0.0752. The zero-order valence-electron chi connectivity index (χ0n) is 8.93. The lowest BCUT2D eigenvalue weighted by atomic mass is 10.2. The van der Waals surface area contributed by atoms with Gasteiger partial charge in [0.15, 0.2) is 6.10 Å². The number of amidine groups is 1. The molecule has 1 aromatic rings. The molecule has 0 bridgehead atoms. The molecular weight excluding hydrogens is 208 g/mol. The first kappa shape index (κ1) is 12.0. The Labute approximate surface area is 93.4 Å². The van der Waals surface area contributed by atoms with Crippen LogP contribution in [0.5, 0.6) is 5.75 Å². The van der Waals surface area contributed by atoms with Crippen LogP contribution in [0.25, 0.3) is 0 Å². The second-order valence-corrected chi connectivity index (χ2v) is 3.29. The standard InChI is InChI=1S/C11H14N2O3/c1-2-9(11(14)15)16-8-5-3-4-7(6-8)10(12)13/h3-6,9H,2H2,1H3,(H3,12,13)(H,14,15). The van der Waals surface area contributed by atoms with E-state index in [2.05, 4.69) is 0 Å². The molecule has 0 saturated heterocycles. The SMILES string of the molecule is CCC(Oc1cccc(C(=N)N)c1)C(=O)O. The van der Waals surface area contributed by atoms with E-state index in [1.54, 1.807) is 31.2 Å². The van der Waals surface area contributed by atoms with E-state index in [0.717, 1.165) is 0 Å². The number of carboxylic acid groups (broad SMARTS) is 1. The maximum absolute atomic E-state index is 10.8. The predicted octanol–water partition coefficient (Wildman–Crippen LogP) is 1.21. The van der Waals surface area contributed by atoms with E-state index in [4.69, 9.17) is 21.0 Å². The van der Waals surface area contributed by atoms with E-state index in [0.29, 0.717) is 17.7 Å². The fraction of sp³-hybridized carbons (Fsp3) is 0.273. The monoisotopic (exact) mass is 222 g/mol. The number of carboxylic acids is 1. The van der Waals surface area contributed by atoms with Gasteiger partial charge in [-0.1, -0.05) is 19.1 Å². The lowest BCUT2D eigenvalue weighted by Crippen LogP contribution is -2.26. The summed E-state index contributed by atoms with van der Waals surface area (Å²) in [6.07, 6.45) is -0.498. The van der Waals surface area contributed by atoms with Gasteiger partial charge in [-0.25, -0.2) is 4.79 Å².